The van der Waals surface area contributed by atoms with Crippen molar-refractivity contribution in [3.8, 4) is 0 Å². The summed E-state index contributed by atoms with van der Waals surface area (Å²) in [5, 5.41) is 11.8. The number of rotatable bonds is 6. The first-order valence-corrected chi connectivity index (χ1v) is 10.8. The number of carbonyl (C=O) groups excluding carboxylic acids is 2. The van der Waals surface area contributed by atoms with Gasteiger partial charge in [-0.15, -0.1) is 0 Å². The molecule has 1 aliphatic heterocycles. The minimum absolute atomic E-state index is 0.127. The Hall–Kier alpha value is -3.30. The molecule has 1 saturated heterocycles. The summed E-state index contributed by atoms with van der Waals surface area (Å²) in [5.74, 6) is -1.22. The summed E-state index contributed by atoms with van der Waals surface area (Å²) in [6.45, 7) is 3.93. The molecule has 33 heavy (non-hydrogen) atoms. The monoisotopic (exact) mass is 454 g/mol. The lowest BCUT2D eigenvalue weighted by molar-refractivity contribution is -0.138. The molecule has 2 heterocycles. The number of hydroxylamine groups is 1. The first-order valence-electron chi connectivity index (χ1n) is 10.8. The van der Waals surface area contributed by atoms with Gasteiger partial charge < -0.3 is 14.6 Å². The SMILES string of the molecule is CC(C)(F)c1nc2ccccc2n1Cc1ccc(C(=O)N[C@H]2CCOC[C@@H]2C(=O)NO)cc1. The number of hydrogen-bond donors (Lipinski definition) is 3. The average Bonchev–Trinajstić information content (AvgIpc) is 3.18. The van der Waals surface area contributed by atoms with Gasteiger partial charge in [0, 0.05) is 24.8 Å². The fourth-order valence-electron chi connectivity index (χ4n) is 4.14. The third kappa shape index (κ3) is 4.89. The van der Waals surface area contributed by atoms with E-state index in [0.29, 0.717) is 31.0 Å². The number of aromatic nitrogens is 2. The van der Waals surface area contributed by atoms with Crippen molar-refractivity contribution < 1.29 is 23.9 Å². The van der Waals surface area contributed by atoms with Crippen LogP contribution in [0.5, 0.6) is 0 Å². The highest BCUT2D eigenvalue weighted by Crippen LogP contribution is 2.28. The normalized spacial score (nSPS) is 18.8. The zero-order chi connectivity index (χ0) is 23.6. The molecule has 3 aromatic rings. The number of para-hydroxylation sites is 2. The van der Waals surface area contributed by atoms with Gasteiger partial charge in [0.1, 0.15) is 5.82 Å². The molecule has 2 amide bonds. The van der Waals surface area contributed by atoms with E-state index in [1.54, 1.807) is 17.6 Å². The van der Waals surface area contributed by atoms with Gasteiger partial charge in [-0.1, -0.05) is 24.3 Å². The number of imidazole rings is 1. The lowest BCUT2D eigenvalue weighted by Gasteiger charge is -2.30. The first kappa shape index (κ1) is 22.9. The maximum absolute atomic E-state index is 14.8. The van der Waals surface area contributed by atoms with Crippen LogP contribution in [0, 0.1) is 5.92 Å². The van der Waals surface area contributed by atoms with Gasteiger partial charge in [-0.05, 0) is 50.1 Å². The molecule has 0 spiro atoms. The van der Waals surface area contributed by atoms with Gasteiger partial charge >= 0.3 is 0 Å². The van der Waals surface area contributed by atoms with Crippen LogP contribution in [-0.2, 0) is 21.7 Å². The van der Waals surface area contributed by atoms with Crippen molar-refractivity contribution >= 4 is 22.8 Å². The minimum atomic E-state index is -1.61. The number of alkyl halides is 1. The Morgan fingerprint density at radius 3 is 2.64 bits per heavy atom. The summed E-state index contributed by atoms with van der Waals surface area (Å²) in [6, 6.07) is 14.1. The van der Waals surface area contributed by atoms with Crippen LogP contribution in [0.3, 0.4) is 0 Å². The van der Waals surface area contributed by atoms with Gasteiger partial charge in [0.2, 0.25) is 0 Å². The summed E-state index contributed by atoms with van der Waals surface area (Å²) in [7, 11) is 0. The highest BCUT2D eigenvalue weighted by molar-refractivity contribution is 5.95. The molecular formula is C24H27FN4O4. The van der Waals surface area contributed by atoms with Crippen LogP contribution >= 0.6 is 0 Å². The second kappa shape index (κ2) is 9.29. The van der Waals surface area contributed by atoms with Crippen molar-refractivity contribution in [2.75, 3.05) is 13.2 Å². The van der Waals surface area contributed by atoms with Gasteiger partial charge in [-0.25, -0.2) is 14.9 Å². The first-order chi connectivity index (χ1) is 15.8. The van der Waals surface area contributed by atoms with Gasteiger partial charge in [-0.3, -0.25) is 14.8 Å². The molecule has 1 aliphatic rings. The van der Waals surface area contributed by atoms with Crippen LogP contribution in [0.25, 0.3) is 11.0 Å². The van der Waals surface area contributed by atoms with Crippen LogP contribution in [0.15, 0.2) is 48.5 Å². The highest BCUT2D eigenvalue weighted by atomic mass is 19.1. The van der Waals surface area contributed by atoms with Crippen LogP contribution < -0.4 is 10.8 Å². The van der Waals surface area contributed by atoms with Crippen LogP contribution in [0.4, 0.5) is 4.39 Å². The number of nitrogens with zero attached hydrogens (tertiary/aromatic N) is 2. The van der Waals surface area contributed by atoms with Crippen molar-refractivity contribution in [2.24, 2.45) is 5.92 Å². The third-order valence-corrected chi connectivity index (χ3v) is 5.86. The van der Waals surface area contributed by atoms with Crippen LogP contribution in [-0.4, -0.2) is 45.8 Å². The summed E-state index contributed by atoms with van der Waals surface area (Å²) in [5.41, 5.74) is 2.92. The number of ether oxygens (including phenoxy) is 1. The zero-order valence-electron chi connectivity index (χ0n) is 18.5. The van der Waals surface area contributed by atoms with E-state index in [2.05, 4.69) is 10.3 Å². The number of amides is 2. The molecule has 2 atom stereocenters. The molecule has 1 fully saturated rings. The molecular weight excluding hydrogens is 427 g/mol. The highest BCUT2D eigenvalue weighted by Gasteiger charge is 2.33. The zero-order valence-corrected chi connectivity index (χ0v) is 18.5. The molecule has 0 bridgehead atoms. The number of hydrogen-bond acceptors (Lipinski definition) is 5. The smallest absolute Gasteiger partial charge is 0.251 e. The van der Waals surface area contributed by atoms with E-state index in [1.165, 1.54) is 13.8 Å². The second-order valence-electron chi connectivity index (χ2n) is 8.71. The number of nitrogens with one attached hydrogen (secondary N) is 2. The molecule has 9 heteroatoms. The Bertz CT molecular complexity index is 1150. The maximum Gasteiger partial charge on any atom is 0.251 e. The van der Waals surface area contributed by atoms with Crippen molar-refractivity contribution in [1.82, 2.24) is 20.3 Å². The standard InChI is InChI=1S/C24H27FN4O4/c1-24(2,25)23-27-19-5-3-4-6-20(19)29(23)13-15-7-9-16(10-8-15)21(30)26-18-11-12-33-14-17(18)22(31)28-32/h3-10,17-18,32H,11-14H2,1-2H3,(H,26,30)(H,28,31)/t17-,18-/m0/s1. The summed E-state index contributed by atoms with van der Waals surface area (Å²) >= 11 is 0. The number of benzene rings is 2. The summed E-state index contributed by atoms with van der Waals surface area (Å²) in [6.07, 6.45) is 0.470. The van der Waals surface area contributed by atoms with Gasteiger partial charge in [0.05, 0.1) is 23.6 Å². The molecule has 0 aliphatic carbocycles. The van der Waals surface area contributed by atoms with Crippen LogP contribution in [0.2, 0.25) is 0 Å². The molecule has 0 unspecified atom stereocenters. The van der Waals surface area contributed by atoms with Crippen molar-refractivity contribution in [3.05, 3.63) is 65.5 Å². The van der Waals surface area contributed by atoms with Gasteiger partial charge in [-0.2, -0.15) is 0 Å². The Balaban J connectivity index is 1.51. The Morgan fingerprint density at radius 1 is 1.21 bits per heavy atom. The molecule has 2 aromatic carbocycles. The Labute approximate surface area is 190 Å². The second-order valence-corrected chi connectivity index (χ2v) is 8.71. The molecule has 174 valence electrons. The van der Waals surface area contributed by atoms with E-state index >= 15 is 0 Å². The molecule has 1 aromatic heterocycles. The predicted octanol–water partition coefficient (Wildman–Crippen LogP) is 2.93. The molecule has 4 rings (SSSR count). The topological polar surface area (TPSA) is 105 Å². The molecule has 0 saturated carbocycles. The largest absolute Gasteiger partial charge is 0.380 e. The molecule has 0 radical (unpaired) electrons. The molecule has 8 nitrogen and oxygen atoms in total. The van der Waals surface area contributed by atoms with Crippen molar-refractivity contribution in [3.63, 3.8) is 0 Å². The lowest BCUT2D eigenvalue weighted by Crippen LogP contribution is -2.51. The Kier molecular flexibility index (Phi) is 6.44. The number of fused-ring (bicyclic) bond motifs is 1. The fourth-order valence-corrected chi connectivity index (χ4v) is 4.14. The fraction of sp³-hybridized carbons (Fsp3) is 0.375. The van der Waals surface area contributed by atoms with Crippen LogP contribution in [0.1, 0.15) is 42.0 Å². The van der Waals surface area contributed by atoms with E-state index in [9.17, 15) is 14.0 Å². The average molecular weight is 455 g/mol. The lowest BCUT2D eigenvalue weighted by atomic mass is 9.94. The number of halogens is 1. The van der Waals surface area contributed by atoms with Crippen molar-refractivity contribution in [2.45, 2.75) is 38.5 Å². The Morgan fingerprint density at radius 2 is 1.94 bits per heavy atom. The summed E-state index contributed by atoms with van der Waals surface area (Å²) < 4.78 is 22.0. The quantitative estimate of drug-likeness (QED) is 0.392. The van der Waals surface area contributed by atoms with E-state index in [0.717, 1.165) is 16.6 Å². The molecule has 3 N–H and O–H groups in total. The van der Waals surface area contributed by atoms with Crippen molar-refractivity contribution in [1.29, 1.82) is 0 Å². The number of carbonyl (C=O) groups is 2. The predicted molar refractivity (Wildman–Crippen MR) is 120 cm³/mol. The van der Waals surface area contributed by atoms with E-state index in [4.69, 9.17) is 9.94 Å². The maximum atomic E-state index is 14.8. The van der Waals surface area contributed by atoms with E-state index in [-0.39, 0.29) is 12.5 Å². The van der Waals surface area contributed by atoms with Gasteiger partial charge in [0.15, 0.2) is 5.67 Å². The van der Waals surface area contributed by atoms with E-state index in [1.807, 2.05) is 41.0 Å². The summed E-state index contributed by atoms with van der Waals surface area (Å²) in [4.78, 5) is 29.1. The third-order valence-electron chi connectivity index (χ3n) is 5.86. The minimum Gasteiger partial charge on any atom is -0.380 e. The van der Waals surface area contributed by atoms with E-state index < -0.39 is 23.5 Å². The van der Waals surface area contributed by atoms with Gasteiger partial charge in [0.25, 0.3) is 11.8 Å².